The van der Waals surface area contributed by atoms with E-state index in [-0.39, 0.29) is 0 Å². The highest BCUT2D eigenvalue weighted by Gasteiger charge is 2.06. The van der Waals surface area contributed by atoms with Crippen LogP contribution in [0.15, 0.2) is 22.8 Å². The molecule has 0 aliphatic heterocycles. The van der Waals surface area contributed by atoms with Crippen LogP contribution in [0, 0.1) is 0 Å². The van der Waals surface area contributed by atoms with Crippen molar-refractivity contribution < 1.29 is 0 Å². The van der Waals surface area contributed by atoms with Gasteiger partial charge in [0.1, 0.15) is 0 Å². The predicted octanol–water partition coefficient (Wildman–Crippen LogP) is 1.79. The van der Waals surface area contributed by atoms with E-state index in [1.54, 1.807) is 0 Å². The lowest BCUT2D eigenvalue weighted by Gasteiger charge is -2.02. The molecule has 0 saturated carbocycles. The van der Waals surface area contributed by atoms with Crippen LogP contribution < -0.4 is 5.73 Å². The van der Waals surface area contributed by atoms with Gasteiger partial charge in [0.2, 0.25) is 0 Å². The quantitative estimate of drug-likeness (QED) is 0.825. The molecule has 1 heterocycles. The fourth-order valence-corrected chi connectivity index (χ4v) is 1.97. The molecule has 2 rings (SSSR count). The molecule has 1 aromatic carbocycles. The fraction of sp³-hybridized carbons (Fsp3) is 0.222. The molecule has 0 fully saturated rings. The zero-order valence-corrected chi connectivity index (χ0v) is 8.87. The van der Waals surface area contributed by atoms with Crippen molar-refractivity contribution in [1.82, 2.24) is 9.78 Å². The van der Waals surface area contributed by atoms with Gasteiger partial charge in [-0.05, 0) is 17.7 Å². The van der Waals surface area contributed by atoms with Crippen LogP contribution >= 0.6 is 15.9 Å². The Morgan fingerprint density at radius 1 is 1.54 bits per heavy atom. The van der Waals surface area contributed by atoms with Crippen molar-refractivity contribution in [1.29, 1.82) is 0 Å². The fourth-order valence-electron chi connectivity index (χ4n) is 1.47. The van der Waals surface area contributed by atoms with Gasteiger partial charge in [0.15, 0.2) is 0 Å². The summed E-state index contributed by atoms with van der Waals surface area (Å²) < 4.78 is 2.90. The average Bonchev–Trinajstić information content (AvgIpc) is 2.48. The number of halogens is 1. The molecule has 68 valence electrons. The Morgan fingerprint density at radius 3 is 3.00 bits per heavy atom. The highest BCUT2D eigenvalue weighted by atomic mass is 79.9. The van der Waals surface area contributed by atoms with Crippen LogP contribution in [0.25, 0.3) is 10.9 Å². The van der Waals surface area contributed by atoms with E-state index in [1.165, 1.54) is 0 Å². The smallest absolute Gasteiger partial charge is 0.0683 e. The van der Waals surface area contributed by atoms with Crippen molar-refractivity contribution >= 4 is 26.8 Å². The number of hydrogen-bond donors (Lipinski definition) is 1. The normalized spacial score (nSPS) is 11.0. The Balaban J connectivity index is 2.85. The first-order valence-corrected chi connectivity index (χ1v) is 4.82. The maximum atomic E-state index is 5.66. The van der Waals surface area contributed by atoms with E-state index in [9.17, 15) is 0 Å². The molecule has 0 radical (unpaired) electrons. The molecule has 1 aromatic heterocycles. The summed E-state index contributed by atoms with van der Waals surface area (Å²) in [6.07, 6.45) is 1.85. The Kier molecular flexibility index (Phi) is 2.09. The van der Waals surface area contributed by atoms with E-state index >= 15 is 0 Å². The average molecular weight is 240 g/mol. The van der Waals surface area contributed by atoms with Crippen molar-refractivity contribution in [3.05, 3.63) is 28.4 Å². The van der Waals surface area contributed by atoms with E-state index in [0.29, 0.717) is 6.54 Å². The van der Waals surface area contributed by atoms with E-state index in [4.69, 9.17) is 5.73 Å². The molecule has 0 aliphatic carbocycles. The molecule has 2 N–H and O–H groups in total. The predicted molar refractivity (Wildman–Crippen MR) is 56.3 cm³/mol. The summed E-state index contributed by atoms with van der Waals surface area (Å²) in [4.78, 5) is 0. The number of nitrogens with two attached hydrogens (primary N) is 1. The van der Waals surface area contributed by atoms with Gasteiger partial charge in [-0.25, -0.2) is 0 Å². The van der Waals surface area contributed by atoms with Crippen molar-refractivity contribution in [2.75, 3.05) is 0 Å². The second-order valence-electron chi connectivity index (χ2n) is 2.93. The molecule has 0 amide bonds. The van der Waals surface area contributed by atoms with Crippen LogP contribution in [0.1, 0.15) is 5.56 Å². The third kappa shape index (κ3) is 1.26. The molecule has 4 heteroatoms. The van der Waals surface area contributed by atoms with Crippen molar-refractivity contribution in [2.24, 2.45) is 12.8 Å². The van der Waals surface area contributed by atoms with Crippen molar-refractivity contribution in [3.8, 4) is 0 Å². The van der Waals surface area contributed by atoms with Crippen LogP contribution in [0.2, 0.25) is 0 Å². The maximum absolute atomic E-state index is 5.66. The van der Waals surface area contributed by atoms with E-state index in [2.05, 4.69) is 21.0 Å². The van der Waals surface area contributed by atoms with Crippen molar-refractivity contribution in [2.45, 2.75) is 6.54 Å². The molecule has 0 bridgehead atoms. The summed E-state index contributed by atoms with van der Waals surface area (Å²) in [5.41, 5.74) is 7.89. The van der Waals surface area contributed by atoms with E-state index in [0.717, 1.165) is 20.9 Å². The SMILES string of the molecule is Cn1ncc2c(CN)c(Br)ccc21. The highest BCUT2D eigenvalue weighted by Crippen LogP contribution is 2.25. The lowest BCUT2D eigenvalue weighted by molar-refractivity contribution is 0.797. The van der Waals surface area contributed by atoms with Gasteiger partial charge in [-0.3, -0.25) is 4.68 Å². The number of nitrogens with zero attached hydrogens (tertiary/aromatic N) is 2. The second-order valence-corrected chi connectivity index (χ2v) is 3.79. The first kappa shape index (κ1) is 8.72. The number of aryl methyl sites for hydroxylation is 1. The highest BCUT2D eigenvalue weighted by molar-refractivity contribution is 9.10. The van der Waals surface area contributed by atoms with E-state index in [1.807, 2.05) is 30.1 Å². The molecule has 0 unspecified atom stereocenters. The van der Waals surface area contributed by atoms with Crippen LogP contribution in [0.3, 0.4) is 0 Å². The van der Waals surface area contributed by atoms with E-state index < -0.39 is 0 Å². The number of rotatable bonds is 1. The molecule has 3 nitrogen and oxygen atoms in total. The second kappa shape index (κ2) is 3.12. The van der Waals surface area contributed by atoms with Gasteiger partial charge in [-0.2, -0.15) is 5.10 Å². The molecule has 2 aromatic rings. The number of hydrogen-bond acceptors (Lipinski definition) is 2. The minimum atomic E-state index is 0.531. The Bertz CT molecular complexity index is 447. The Morgan fingerprint density at radius 2 is 2.31 bits per heavy atom. The first-order chi connectivity index (χ1) is 6.24. The van der Waals surface area contributed by atoms with Gasteiger partial charge in [-0.15, -0.1) is 0 Å². The van der Waals surface area contributed by atoms with Crippen molar-refractivity contribution in [3.63, 3.8) is 0 Å². The Hall–Kier alpha value is -0.870. The van der Waals surface area contributed by atoms with Crippen LogP contribution in [0.5, 0.6) is 0 Å². The standard InChI is InChI=1S/C9H10BrN3/c1-13-9-3-2-8(10)6(4-11)7(9)5-12-13/h2-3,5H,4,11H2,1H3. The van der Waals surface area contributed by atoms with Gasteiger partial charge in [0, 0.05) is 23.5 Å². The third-order valence-corrected chi connectivity index (χ3v) is 2.93. The monoisotopic (exact) mass is 239 g/mol. The summed E-state index contributed by atoms with van der Waals surface area (Å²) >= 11 is 3.47. The molecular formula is C9H10BrN3. The summed E-state index contributed by atoms with van der Waals surface area (Å²) in [6.45, 7) is 0.531. The summed E-state index contributed by atoms with van der Waals surface area (Å²) in [5, 5.41) is 5.31. The largest absolute Gasteiger partial charge is 0.326 e. The lowest BCUT2D eigenvalue weighted by Crippen LogP contribution is -1.98. The van der Waals surface area contributed by atoms with Gasteiger partial charge in [-0.1, -0.05) is 15.9 Å². The topological polar surface area (TPSA) is 43.8 Å². The minimum absolute atomic E-state index is 0.531. The molecular weight excluding hydrogens is 230 g/mol. The molecule has 0 spiro atoms. The lowest BCUT2D eigenvalue weighted by atomic mass is 10.1. The number of benzene rings is 1. The van der Waals surface area contributed by atoms with Gasteiger partial charge >= 0.3 is 0 Å². The molecule has 13 heavy (non-hydrogen) atoms. The van der Waals surface area contributed by atoms with Gasteiger partial charge in [0.05, 0.1) is 11.7 Å². The third-order valence-electron chi connectivity index (χ3n) is 2.19. The van der Waals surface area contributed by atoms with Crippen LogP contribution in [0.4, 0.5) is 0 Å². The Labute approximate surface area is 84.7 Å². The maximum Gasteiger partial charge on any atom is 0.0683 e. The number of aromatic nitrogens is 2. The molecule has 0 saturated heterocycles. The summed E-state index contributed by atoms with van der Waals surface area (Å²) in [6, 6.07) is 4.04. The summed E-state index contributed by atoms with van der Waals surface area (Å²) in [7, 11) is 1.93. The first-order valence-electron chi connectivity index (χ1n) is 4.03. The van der Waals surface area contributed by atoms with Crippen LogP contribution in [-0.4, -0.2) is 9.78 Å². The molecule has 0 aliphatic rings. The number of fused-ring (bicyclic) bond motifs is 1. The zero-order valence-electron chi connectivity index (χ0n) is 7.29. The zero-order chi connectivity index (χ0) is 9.42. The van der Waals surface area contributed by atoms with Gasteiger partial charge in [0.25, 0.3) is 0 Å². The minimum Gasteiger partial charge on any atom is -0.326 e. The molecule has 0 atom stereocenters. The van der Waals surface area contributed by atoms with Crippen LogP contribution in [-0.2, 0) is 13.6 Å². The van der Waals surface area contributed by atoms with Gasteiger partial charge < -0.3 is 5.73 Å². The summed E-state index contributed by atoms with van der Waals surface area (Å²) in [5.74, 6) is 0.